The predicted octanol–water partition coefficient (Wildman–Crippen LogP) is 8.09. The van der Waals surface area contributed by atoms with Gasteiger partial charge in [-0.3, -0.25) is 10.1 Å². The van der Waals surface area contributed by atoms with Crippen LogP contribution >= 0.6 is 0 Å². The summed E-state index contributed by atoms with van der Waals surface area (Å²) in [5, 5.41) is 11.5. The molecule has 0 aliphatic heterocycles. The Kier molecular flexibility index (Phi) is 9.00. The van der Waals surface area contributed by atoms with Crippen LogP contribution in [0.2, 0.25) is 0 Å². The number of nitrogens with zero attached hydrogens (tertiary/aromatic N) is 1. The molecule has 0 aliphatic carbocycles. The van der Waals surface area contributed by atoms with Gasteiger partial charge in [-0.25, -0.2) is 4.79 Å². The van der Waals surface area contributed by atoms with Crippen LogP contribution in [0.5, 0.6) is 17.2 Å². The topological polar surface area (TPSA) is 87.9 Å². The lowest BCUT2D eigenvalue weighted by molar-refractivity contribution is -0.386. The van der Waals surface area contributed by atoms with Crippen molar-refractivity contribution < 1.29 is 23.9 Å². The first kappa shape index (κ1) is 27.7. The van der Waals surface area contributed by atoms with E-state index in [9.17, 15) is 14.9 Å². The molecule has 194 valence electrons. The Balaban J connectivity index is 0.00000400. The second kappa shape index (κ2) is 12.4. The largest absolute Gasteiger partial charge is 0.484 e. The number of hydrogen-bond donors (Lipinski definition) is 0. The molecule has 7 nitrogen and oxygen atoms in total. The summed E-state index contributed by atoms with van der Waals surface area (Å²) < 4.78 is 16.3. The summed E-state index contributed by atoms with van der Waals surface area (Å²) in [5.74, 6) is 0.831. The average Bonchev–Trinajstić information content (AvgIpc) is 2.90. The summed E-state index contributed by atoms with van der Waals surface area (Å²) in [6.07, 6.45) is 1.19. The zero-order valence-corrected chi connectivity index (χ0v) is 20.4. The molecule has 0 aromatic heterocycles. The van der Waals surface area contributed by atoms with Crippen molar-refractivity contribution in [2.24, 2.45) is 0 Å². The normalized spacial score (nSPS) is 10.3. The van der Waals surface area contributed by atoms with Gasteiger partial charge in [0.15, 0.2) is 5.75 Å². The molecule has 0 spiro atoms. The smallest absolute Gasteiger partial charge is 0.343 e. The van der Waals surface area contributed by atoms with Crippen LogP contribution in [0.25, 0.3) is 22.3 Å². The average molecular weight is 512 g/mol. The van der Waals surface area contributed by atoms with Crippen LogP contribution in [0.3, 0.4) is 0 Å². The Morgan fingerprint density at radius 3 is 1.84 bits per heavy atom. The molecule has 0 aliphatic rings. The summed E-state index contributed by atoms with van der Waals surface area (Å²) in [7, 11) is 0. The number of carbonyl (C=O) groups excluding carboxylic acids is 1. The van der Waals surface area contributed by atoms with Crippen LogP contribution < -0.4 is 14.2 Å². The van der Waals surface area contributed by atoms with Crippen LogP contribution in [-0.2, 0) is 0 Å². The molecule has 0 fully saturated rings. The molecule has 0 unspecified atom stereocenters. The lowest BCUT2D eigenvalue weighted by Crippen LogP contribution is -2.08. The van der Waals surface area contributed by atoms with Crippen LogP contribution in [0.4, 0.5) is 5.69 Å². The third-order valence-corrected chi connectivity index (χ3v) is 5.44. The first-order valence-electron chi connectivity index (χ1n) is 11.6. The number of nitro benzene ring substituents is 1. The highest BCUT2D eigenvalue weighted by Crippen LogP contribution is 2.33. The van der Waals surface area contributed by atoms with Gasteiger partial charge in [-0.05, 0) is 78.6 Å². The van der Waals surface area contributed by atoms with Gasteiger partial charge in [0.25, 0.3) is 0 Å². The minimum atomic E-state index is -0.503. The van der Waals surface area contributed by atoms with Crippen molar-refractivity contribution in [1.82, 2.24) is 0 Å². The van der Waals surface area contributed by atoms with E-state index in [0.29, 0.717) is 22.6 Å². The molecule has 0 heterocycles. The lowest BCUT2D eigenvalue weighted by Gasteiger charge is -2.11. The van der Waals surface area contributed by atoms with Gasteiger partial charge in [0.05, 0.1) is 22.9 Å². The van der Waals surface area contributed by atoms with Gasteiger partial charge in [-0.1, -0.05) is 56.5 Å². The van der Waals surface area contributed by atoms with Gasteiger partial charge in [0.2, 0.25) is 0 Å². The molecular weight excluding hydrogens is 482 g/mol. The molecule has 0 N–H and O–H groups in total. The number of benzene rings is 4. The van der Waals surface area contributed by atoms with Gasteiger partial charge >= 0.3 is 11.7 Å². The van der Waals surface area contributed by atoms with Crippen LogP contribution in [-0.4, -0.2) is 17.0 Å². The maximum atomic E-state index is 12.7. The van der Waals surface area contributed by atoms with E-state index in [2.05, 4.69) is 6.58 Å². The summed E-state index contributed by atoms with van der Waals surface area (Å²) >= 11 is 0. The van der Waals surface area contributed by atoms with E-state index in [1.165, 1.54) is 12.3 Å². The fourth-order valence-electron chi connectivity index (χ4n) is 3.70. The van der Waals surface area contributed by atoms with E-state index in [0.717, 1.165) is 16.7 Å². The Hall–Kier alpha value is -4.91. The summed E-state index contributed by atoms with van der Waals surface area (Å²) in [5.41, 5.74) is 3.58. The zero-order valence-electron chi connectivity index (χ0n) is 20.4. The first-order chi connectivity index (χ1) is 17.8. The van der Waals surface area contributed by atoms with Crippen LogP contribution in [0.15, 0.2) is 104 Å². The molecule has 0 radical (unpaired) electrons. The summed E-state index contributed by atoms with van der Waals surface area (Å²) in [4.78, 5) is 23.7. The molecule has 7 heteroatoms. The van der Waals surface area contributed by atoms with E-state index in [1.807, 2.05) is 50.2 Å². The zero-order chi connectivity index (χ0) is 26.4. The number of ether oxygens (including phenoxy) is 3. The lowest BCUT2D eigenvalue weighted by atomic mass is 10.0. The third-order valence-electron chi connectivity index (χ3n) is 5.44. The molecule has 0 bridgehead atoms. The predicted molar refractivity (Wildman–Crippen MR) is 149 cm³/mol. The third kappa shape index (κ3) is 6.64. The van der Waals surface area contributed by atoms with E-state index in [4.69, 9.17) is 14.2 Å². The Morgan fingerprint density at radius 2 is 1.32 bits per heavy atom. The number of carbonyl (C=O) groups is 1. The fraction of sp³-hybridized carbons (Fsp3) is 0.129. The van der Waals surface area contributed by atoms with Gasteiger partial charge in [-0.2, -0.15) is 0 Å². The standard InChI is InChI=1S/C30H25NO6.CH4/c1-4-35-26-14-9-21(10-15-26)22-11-16-27(17-12-22)37-30(32)24-7-5-23(6-8-24)25-13-18-29(36-20(2)3)28(19-25)31(33)34;/h4-20H,1H2,2-3H3;1H4. The van der Waals surface area contributed by atoms with Crippen LogP contribution in [0.1, 0.15) is 31.6 Å². The molecule has 0 saturated heterocycles. The highest BCUT2D eigenvalue weighted by molar-refractivity contribution is 5.91. The Bertz CT molecular complexity index is 1410. The van der Waals surface area contributed by atoms with E-state index in [-0.39, 0.29) is 25.0 Å². The maximum Gasteiger partial charge on any atom is 0.343 e. The highest BCUT2D eigenvalue weighted by atomic mass is 16.6. The van der Waals surface area contributed by atoms with Gasteiger partial charge < -0.3 is 14.2 Å². The summed E-state index contributed by atoms with van der Waals surface area (Å²) in [6, 6.07) is 26.3. The molecule has 0 amide bonds. The van der Waals surface area contributed by atoms with Gasteiger partial charge in [-0.15, -0.1) is 0 Å². The molecule has 4 aromatic carbocycles. The molecule has 38 heavy (non-hydrogen) atoms. The molecule has 0 atom stereocenters. The monoisotopic (exact) mass is 511 g/mol. The Labute approximate surface area is 222 Å². The fourth-order valence-corrected chi connectivity index (χ4v) is 3.70. The second-order valence-electron chi connectivity index (χ2n) is 8.41. The van der Waals surface area contributed by atoms with E-state index >= 15 is 0 Å². The molecule has 4 aromatic rings. The first-order valence-corrected chi connectivity index (χ1v) is 11.6. The van der Waals surface area contributed by atoms with Gasteiger partial charge in [0, 0.05) is 6.07 Å². The molecular formula is C31H29NO6. The quantitative estimate of drug-likeness (QED) is 0.0742. The maximum absolute atomic E-state index is 12.7. The van der Waals surface area contributed by atoms with Crippen molar-refractivity contribution in [1.29, 1.82) is 0 Å². The number of esters is 1. The molecule has 0 saturated carbocycles. The van der Waals surface area contributed by atoms with E-state index < -0.39 is 10.9 Å². The molecule has 4 rings (SSSR count). The van der Waals surface area contributed by atoms with Crippen molar-refractivity contribution in [2.45, 2.75) is 27.4 Å². The van der Waals surface area contributed by atoms with Crippen molar-refractivity contribution in [3.05, 3.63) is 120 Å². The number of nitro groups is 1. The van der Waals surface area contributed by atoms with Crippen molar-refractivity contribution in [3.8, 4) is 39.5 Å². The number of rotatable bonds is 9. The second-order valence-corrected chi connectivity index (χ2v) is 8.41. The van der Waals surface area contributed by atoms with E-state index in [1.54, 1.807) is 48.5 Å². The summed E-state index contributed by atoms with van der Waals surface area (Å²) in [6.45, 7) is 7.16. The number of hydrogen-bond acceptors (Lipinski definition) is 6. The minimum Gasteiger partial charge on any atom is -0.484 e. The Morgan fingerprint density at radius 1 is 0.816 bits per heavy atom. The van der Waals surface area contributed by atoms with Crippen molar-refractivity contribution >= 4 is 11.7 Å². The van der Waals surface area contributed by atoms with Gasteiger partial charge in [0.1, 0.15) is 11.5 Å². The highest BCUT2D eigenvalue weighted by Gasteiger charge is 2.18. The SMILES string of the molecule is C.C=COc1ccc(-c2ccc(OC(=O)c3ccc(-c4ccc(OC(C)C)c([N+](=O)[O-])c4)cc3)cc2)cc1. The van der Waals surface area contributed by atoms with Crippen LogP contribution in [0, 0.1) is 10.1 Å². The van der Waals surface area contributed by atoms with Crippen molar-refractivity contribution in [3.63, 3.8) is 0 Å². The minimum absolute atomic E-state index is 0. The van der Waals surface area contributed by atoms with Crippen molar-refractivity contribution in [2.75, 3.05) is 0 Å².